The van der Waals surface area contributed by atoms with Gasteiger partial charge in [-0.15, -0.1) is 0 Å². The van der Waals surface area contributed by atoms with Crippen molar-refractivity contribution >= 4 is 16.8 Å². The van der Waals surface area contributed by atoms with E-state index < -0.39 is 0 Å². The minimum Gasteiger partial charge on any atom is -0.396 e. The SMILES string of the molecule is CCC(CCO)NC(=O)Cn1ncc(=O)c2ccccc21. The molecule has 1 unspecified atom stereocenters. The second kappa shape index (κ2) is 6.99. The number of nitrogens with zero attached hydrogens (tertiary/aromatic N) is 2. The van der Waals surface area contributed by atoms with Crippen molar-refractivity contribution in [2.45, 2.75) is 32.4 Å². The van der Waals surface area contributed by atoms with Crippen molar-refractivity contribution in [1.82, 2.24) is 15.1 Å². The Morgan fingerprint density at radius 1 is 1.43 bits per heavy atom. The van der Waals surface area contributed by atoms with Gasteiger partial charge in [0.2, 0.25) is 11.3 Å². The molecule has 0 fully saturated rings. The zero-order valence-corrected chi connectivity index (χ0v) is 12.0. The predicted molar refractivity (Wildman–Crippen MR) is 79.9 cm³/mol. The van der Waals surface area contributed by atoms with Crippen molar-refractivity contribution < 1.29 is 9.90 Å². The highest BCUT2D eigenvalue weighted by Crippen LogP contribution is 2.07. The molecule has 0 saturated heterocycles. The largest absolute Gasteiger partial charge is 0.396 e. The lowest BCUT2D eigenvalue weighted by Gasteiger charge is -2.16. The third kappa shape index (κ3) is 3.66. The summed E-state index contributed by atoms with van der Waals surface area (Å²) in [6.07, 6.45) is 2.51. The van der Waals surface area contributed by atoms with Crippen LogP contribution >= 0.6 is 0 Å². The molecule has 1 aromatic heterocycles. The molecule has 1 heterocycles. The van der Waals surface area contributed by atoms with E-state index in [0.717, 1.165) is 6.42 Å². The Morgan fingerprint density at radius 2 is 2.19 bits per heavy atom. The first-order valence-corrected chi connectivity index (χ1v) is 7.00. The highest BCUT2D eigenvalue weighted by atomic mass is 16.3. The molecule has 1 atom stereocenters. The molecule has 0 aliphatic rings. The molecule has 21 heavy (non-hydrogen) atoms. The number of nitrogens with one attached hydrogen (secondary N) is 1. The fourth-order valence-corrected chi connectivity index (χ4v) is 2.23. The maximum atomic E-state index is 12.1. The highest BCUT2D eigenvalue weighted by Gasteiger charge is 2.12. The summed E-state index contributed by atoms with van der Waals surface area (Å²) in [6, 6.07) is 7.02. The highest BCUT2D eigenvalue weighted by molar-refractivity contribution is 5.81. The molecule has 6 nitrogen and oxygen atoms in total. The zero-order chi connectivity index (χ0) is 15.2. The number of benzene rings is 1. The molecule has 2 N–H and O–H groups in total. The molecule has 0 saturated carbocycles. The van der Waals surface area contributed by atoms with Crippen molar-refractivity contribution in [2.24, 2.45) is 0 Å². The quantitative estimate of drug-likeness (QED) is 0.819. The van der Waals surface area contributed by atoms with E-state index in [1.807, 2.05) is 6.92 Å². The second-order valence-corrected chi connectivity index (χ2v) is 4.87. The number of hydrogen-bond acceptors (Lipinski definition) is 4. The van der Waals surface area contributed by atoms with E-state index in [1.165, 1.54) is 10.9 Å². The maximum Gasteiger partial charge on any atom is 0.241 e. The number of aliphatic hydroxyl groups is 1. The molecular weight excluding hydrogens is 270 g/mol. The summed E-state index contributed by atoms with van der Waals surface area (Å²) in [5.74, 6) is -0.184. The van der Waals surface area contributed by atoms with Gasteiger partial charge in [-0.1, -0.05) is 19.1 Å². The molecule has 1 aromatic carbocycles. The molecule has 1 amide bonds. The Kier molecular flexibility index (Phi) is 5.05. The standard InChI is InChI=1S/C15H19N3O3/c1-2-11(7-8-19)17-15(21)10-18-13-6-4-3-5-12(13)14(20)9-16-18/h3-6,9,11,19H,2,7-8,10H2,1H3,(H,17,21). The van der Waals surface area contributed by atoms with Crippen LogP contribution in [-0.4, -0.2) is 33.4 Å². The molecular formula is C15H19N3O3. The van der Waals surface area contributed by atoms with Gasteiger partial charge in [-0.2, -0.15) is 5.10 Å². The molecule has 0 spiro atoms. The second-order valence-electron chi connectivity index (χ2n) is 4.87. The van der Waals surface area contributed by atoms with E-state index in [4.69, 9.17) is 5.11 Å². The smallest absolute Gasteiger partial charge is 0.241 e. The van der Waals surface area contributed by atoms with Crippen molar-refractivity contribution in [3.05, 3.63) is 40.7 Å². The Labute approximate surface area is 122 Å². The van der Waals surface area contributed by atoms with Crippen LogP contribution in [0.3, 0.4) is 0 Å². The van der Waals surface area contributed by atoms with Gasteiger partial charge < -0.3 is 10.4 Å². The van der Waals surface area contributed by atoms with Crippen LogP contribution in [0.5, 0.6) is 0 Å². The summed E-state index contributed by atoms with van der Waals surface area (Å²) in [4.78, 5) is 23.8. The van der Waals surface area contributed by atoms with E-state index in [-0.39, 0.29) is 30.5 Å². The molecule has 0 aliphatic heterocycles. The minimum absolute atomic E-state index is 0.0397. The Hall–Kier alpha value is -2.21. The molecule has 112 valence electrons. The lowest BCUT2D eigenvalue weighted by atomic mass is 10.1. The Balaban J connectivity index is 2.18. The van der Waals surface area contributed by atoms with Gasteiger partial charge in [0.05, 0.1) is 11.7 Å². The van der Waals surface area contributed by atoms with Gasteiger partial charge >= 0.3 is 0 Å². The summed E-state index contributed by atoms with van der Waals surface area (Å²) in [5, 5.41) is 16.4. The molecule has 6 heteroatoms. The number of carbonyl (C=O) groups excluding carboxylic acids is 1. The van der Waals surface area contributed by atoms with Gasteiger partial charge in [0.1, 0.15) is 6.54 Å². The van der Waals surface area contributed by atoms with Crippen molar-refractivity contribution in [3.63, 3.8) is 0 Å². The number of carbonyl (C=O) groups is 1. The maximum absolute atomic E-state index is 12.1. The van der Waals surface area contributed by atoms with Crippen molar-refractivity contribution in [1.29, 1.82) is 0 Å². The minimum atomic E-state index is -0.184. The monoisotopic (exact) mass is 289 g/mol. The number of aromatic nitrogens is 2. The van der Waals surface area contributed by atoms with E-state index in [2.05, 4.69) is 10.4 Å². The van der Waals surface area contributed by atoms with Gasteiger partial charge in [-0.3, -0.25) is 14.3 Å². The van der Waals surface area contributed by atoms with Crippen LogP contribution in [0.25, 0.3) is 10.9 Å². The lowest BCUT2D eigenvalue weighted by molar-refractivity contribution is -0.122. The van der Waals surface area contributed by atoms with Crippen LogP contribution in [-0.2, 0) is 11.3 Å². The first kappa shape index (κ1) is 15.2. The van der Waals surface area contributed by atoms with E-state index in [9.17, 15) is 9.59 Å². The van der Waals surface area contributed by atoms with Gasteiger partial charge in [0.25, 0.3) is 0 Å². The summed E-state index contributed by atoms with van der Waals surface area (Å²) < 4.78 is 1.51. The number of aliphatic hydroxyl groups excluding tert-OH is 1. The van der Waals surface area contributed by atoms with Crippen LogP contribution in [0.2, 0.25) is 0 Å². The van der Waals surface area contributed by atoms with E-state index in [1.54, 1.807) is 24.3 Å². The normalized spacial score (nSPS) is 12.3. The number of rotatable bonds is 6. The first-order chi connectivity index (χ1) is 10.2. The molecule has 2 rings (SSSR count). The van der Waals surface area contributed by atoms with Crippen LogP contribution in [0, 0.1) is 0 Å². The predicted octanol–water partition coefficient (Wildman–Crippen LogP) is 0.674. The molecule has 0 aliphatic carbocycles. The fraction of sp³-hybridized carbons (Fsp3) is 0.400. The Morgan fingerprint density at radius 3 is 2.90 bits per heavy atom. The number of amides is 1. The average molecular weight is 289 g/mol. The van der Waals surface area contributed by atoms with Crippen LogP contribution < -0.4 is 10.7 Å². The van der Waals surface area contributed by atoms with Crippen LogP contribution in [0.4, 0.5) is 0 Å². The van der Waals surface area contributed by atoms with Crippen molar-refractivity contribution in [3.8, 4) is 0 Å². The zero-order valence-electron chi connectivity index (χ0n) is 12.0. The molecule has 2 aromatic rings. The molecule has 0 radical (unpaired) electrons. The van der Waals surface area contributed by atoms with Crippen molar-refractivity contribution in [2.75, 3.05) is 6.61 Å². The average Bonchev–Trinajstić information content (AvgIpc) is 2.50. The third-order valence-electron chi connectivity index (χ3n) is 3.39. The third-order valence-corrected chi connectivity index (χ3v) is 3.39. The van der Waals surface area contributed by atoms with Gasteiger partial charge in [0, 0.05) is 18.0 Å². The summed E-state index contributed by atoms with van der Waals surface area (Å²) >= 11 is 0. The first-order valence-electron chi connectivity index (χ1n) is 7.00. The lowest BCUT2D eigenvalue weighted by Crippen LogP contribution is -2.37. The number of hydrogen-bond donors (Lipinski definition) is 2. The summed E-state index contributed by atoms with van der Waals surface area (Å²) in [5.41, 5.74) is 0.476. The summed E-state index contributed by atoms with van der Waals surface area (Å²) in [7, 11) is 0. The molecule has 0 bridgehead atoms. The Bertz CT molecular complexity index is 681. The number of fused-ring (bicyclic) bond motifs is 1. The van der Waals surface area contributed by atoms with E-state index >= 15 is 0 Å². The topological polar surface area (TPSA) is 84.2 Å². The van der Waals surface area contributed by atoms with Gasteiger partial charge in [-0.05, 0) is 25.0 Å². The van der Waals surface area contributed by atoms with E-state index in [0.29, 0.717) is 17.3 Å². The fourth-order valence-electron chi connectivity index (χ4n) is 2.23. The van der Waals surface area contributed by atoms with Crippen LogP contribution in [0.15, 0.2) is 35.3 Å². The van der Waals surface area contributed by atoms with Gasteiger partial charge in [-0.25, -0.2) is 0 Å². The summed E-state index contributed by atoms with van der Waals surface area (Å²) in [6.45, 7) is 2.04. The number of para-hydroxylation sites is 1. The van der Waals surface area contributed by atoms with Gasteiger partial charge in [0.15, 0.2) is 0 Å². The van der Waals surface area contributed by atoms with Crippen LogP contribution in [0.1, 0.15) is 19.8 Å².